The van der Waals surface area contributed by atoms with E-state index in [1.807, 2.05) is 12.3 Å². The SMILES string of the molecule is c1ccc(-c2ccc(N(c3ccc4c(ccc5c6ccccc6ccc45)c3)c3ccc4oc5cnccc5c4c3)cc2)cc1. The van der Waals surface area contributed by atoms with Crippen molar-refractivity contribution < 1.29 is 4.42 Å². The molecule has 0 spiro atoms. The van der Waals surface area contributed by atoms with Gasteiger partial charge in [-0.2, -0.15) is 0 Å². The molecule has 0 saturated carbocycles. The lowest BCUT2D eigenvalue weighted by atomic mass is 9.96. The summed E-state index contributed by atoms with van der Waals surface area (Å²) in [5.41, 5.74) is 7.29. The van der Waals surface area contributed by atoms with Gasteiger partial charge in [-0.25, -0.2) is 0 Å². The van der Waals surface area contributed by atoms with Crippen LogP contribution in [0.1, 0.15) is 0 Å². The number of benzene rings is 7. The summed E-state index contributed by atoms with van der Waals surface area (Å²) in [6.07, 6.45) is 3.60. The van der Waals surface area contributed by atoms with Crippen molar-refractivity contribution in [3.63, 3.8) is 0 Å². The molecule has 0 aliphatic carbocycles. The number of rotatable bonds is 4. The average Bonchev–Trinajstić information content (AvgIpc) is 3.47. The maximum Gasteiger partial charge on any atom is 0.153 e. The highest BCUT2D eigenvalue weighted by Gasteiger charge is 2.17. The Morgan fingerprint density at radius 1 is 0.409 bits per heavy atom. The van der Waals surface area contributed by atoms with E-state index in [0.717, 1.165) is 39.0 Å². The molecular formula is C41H26N2O. The van der Waals surface area contributed by atoms with E-state index < -0.39 is 0 Å². The largest absolute Gasteiger partial charge is 0.454 e. The molecular weight excluding hydrogens is 536 g/mol. The summed E-state index contributed by atoms with van der Waals surface area (Å²) >= 11 is 0. The maximum atomic E-state index is 6.11. The first-order valence-corrected chi connectivity index (χ1v) is 14.9. The molecule has 3 nitrogen and oxygen atoms in total. The fraction of sp³-hybridized carbons (Fsp3) is 0. The molecule has 206 valence electrons. The van der Waals surface area contributed by atoms with E-state index in [9.17, 15) is 0 Å². The van der Waals surface area contributed by atoms with E-state index in [2.05, 4.69) is 149 Å². The minimum atomic E-state index is 0.795. The van der Waals surface area contributed by atoms with E-state index in [1.165, 1.54) is 43.4 Å². The summed E-state index contributed by atoms with van der Waals surface area (Å²) in [6.45, 7) is 0. The van der Waals surface area contributed by atoms with E-state index >= 15 is 0 Å². The van der Waals surface area contributed by atoms with Crippen LogP contribution < -0.4 is 4.90 Å². The van der Waals surface area contributed by atoms with Gasteiger partial charge in [0.2, 0.25) is 0 Å². The molecule has 0 fully saturated rings. The van der Waals surface area contributed by atoms with Crippen LogP contribution in [0.3, 0.4) is 0 Å². The predicted molar refractivity (Wildman–Crippen MR) is 184 cm³/mol. The standard InChI is InChI=1S/C41H26N2O/c1-2-6-27(7-3-1)28-10-14-31(15-11-28)43(33-17-21-40-39(25-33)38-22-23-42-26-41(38)44-40)32-16-20-35-30(24-32)13-19-36-34-9-5-4-8-29(34)12-18-37(35)36/h1-26H. The molecule has 0 N–H and O–H groups in total. The molecule has 0 unspecified atom stereocenters. The van der Waals surface area contributed by atoms with Gasteiger partial charge >= 0.3 is 0 Å². The Labute approximate surface area is 254 Å². The number of fused-ring (bicyclic) bond motifs is 8. The second-order valence-electron chi connectivity index (χ2n) is 11.3. The number of pyridine rings is 1. The molecule has 0 aliphatic heterocycles. The van der Waals surface area contributed by atoms with Crippen LogP contribution in [-0.2, 0) is 0 Å². The molecule has 9 aromatic rings. The minimum absolute atomic E-state index is 0.795. The Balaban J connectivity index is 1.23. The average molecular weight is 563 g/mol. The molecule has 44 heavy (non-hydrogen) atoms. The van der Waals surface area contributed by atoms with Gasteiger partial charge in [-0.05, 0) is 92.0 Å². The number of nitrogens with zero attached hydrogens (tertiary/aromatic N) is 2. The van der Waals surface area contributed by atoms with Gasteiger partial charge in [-0.3, -0.25) is 4.98 Å². The molecule has 9 rings (SSSR count). The zero-order valence-electron chi connectivity index (χ0n) is 23.8. The van der Waals surface area contributed by atoms with Gasteiger partial charge in [0.25, 0.3) is 0 Å². The van der Waals surface area contributed by atoms with Gasteiger partial charge in [0, 0.05) is 34.0 Å². The third-order valence-electron chi connectivity index (χ3n) is 8.73. The monoisotopic (exact) mass is 562 g/mol. The molecule has 2 heterocycles. The summed E-state index contributed by atoms with van der Waals surface area (Å²) in [5.74, 6) is 0. The lowest BCUT2D eigenvalue weighted by molar-refractivity contribution is 0.667. The molecule has 7 aromatic carbocycles. The molecule has 3 heteroatoms. The van der Waals surface area contributed by atoms with E-state index in [0.29, 0.717) is 0 Å². The smallest absolute Gasteiger partial charge is 0.153 e. The first-order chi connectivity index (χ1) is 21.8. The molecule has 0 aliphatic rings. The lowest BCUT2D eigenvalue weighted by Gasteiger charge is -2.26. The second-order valence-corrected chi connectivity index (χ2v) is 11.3. The topological polar surface area (TPSA) is 29.3 Å². The highest BCUT2D eigenvalue weighted by atomic mass is 16.3. The van der Waals surface area contributed by atoms with Gasteiger partial charge in [-0.15, -0.1) is 0 Å². The van der Waals surface area contributed by atoms with Crippen LogP contribution in [0.5, 0.6) is 0 Å². The number of aromatic nitrogens is 1. The van der Waals surface area contributed by atoms with Crippen LogP contribution in [-0.4, -0.2) is 4.98 Å². The summed E-state index contributed by atoms with van der Waals surface area (Å²) in [5, 5.41) is 9.69. The van der Waals surface area contributed by atoms with Gasteiger partial charge in [-0.1, -0.05) is 97.1 Å². The summed E-state index contributed by atoms with van der Waals surface area (Å²) in [6, 6.07) is 52.2. The van der Waals surface area contributed by atoms with Crippen molar-refractivity contribution in [3.8, 4) is 11.1 Å². The Morgan fingerprint density at radius 2 is 1.07 bits per heavy atom. The Morgan fingerprint density at radius 3 is 1.93 bits per heavy atom. The van der Waals surface area contributed by atoms with E-state index in [4.69, 9.17) is 4.42 Å². The van der Waals surface area contributed by atoms with Crippen LogP contribution in [0.15, 0.2) is 162 Å². The Bertz CT molecular complexity index is 2490. The van der Waals surface area contributed by atoms with Crippen LogP contribution in [0.2, 0.25) is 0 Å². The Kier molecular flexibility index (Phi) is 5.50. The lowest BCUT2D eigenvalue weighted by Crippen LogP contribution is -2.09. The summed E-state index contributed by atoms with van der Waals surface area (Å²) < 4.78 is 6.11. The Hall–Kier alpha value is -5.93. The summed E-state index contributed by atoms with van der Waals surface area (Å²) in [4.78, 5) is 6.59. The third kappa shape index (κ3) is 3.94. The van der Waals surface area contributed by atoms with Crippen molar-refractivity contribution >= 4 is 71.3 Å². The van der Waals surface area contributed by atoms with Gasteiger partial charge in [0.15, 0.2) is 5.58 Å². The van der Waals surface area contributed by atoms with Crippen LogP contribution in [0.25, 0.3) is 65.4 Å². The number of anilines is 3. The first kappa shape index (κ1) is 24.6. The normalized spacial score (nSPS) is 11.6. The van der Waals surface area contributed by atoms with Crippen LogP contribution in [0, 0.1) is 0 Å². The first-order valence-electron chi connectivity index (χ1n) is 14.9. The van der Waals surface area contributed by atoms with Crippen molar-refractivity contribution in [3.05, 3.63) is 158 Å². The highest BCUT2D eigenvalue weighted by molar-refractivity contribution is 6.17. The molecule has 0 saturated heterocycles. The quantitative estimate of drug-likeness (QED) is 0.200. The fourth-order valence-corrected chi connectivity index (χ4v) is 6.60. The second kappa shape index (κ2) is 9.82. The molecule has 2 aromatic heterocycles. The fourth-order valence-electron chi connectivity index (χ4n) is 6.60. The summed E-state index contributed by atoms with van der Waals surface area (Å²) in [7, 11) is 0. The van der Waals surface area contributed by atoms with Gasteiger partial charge in [0.1, 0.15) is 5.58 Å². The van der Waals surface area contributed by atoms with E-state index in [1.54, 1.807) is 6.20 Å². The maximum absolute atomic E-state index is 6.11. The minimum Gasteiger partial charge on any atom is -0.454 e. The van der Waals surface area contributed by atoms with Gasteiger partial charge in [0.05, 0.1) is 6.20 Å². The highest BCUT2D eigenvalue weighted by Crippen LogP contribution is 2.41. The third-order valence-corrected chi connectivity index (χ3v) is 8.73. The van der Waals surface area contributed by atoms with Crippen molar-refractivity contribution in [2.45, 2.75) is 0 Å². The van der Waals surface area contributed by atoms with Gasteiger partial charge < -0.3 is 9.32 Å². The van der Waals surface area contributed by atoms with Crippen LogP contribution >= 0.6 is 0 Å². The predicted octanol–water partition coefficient (Wildman–Crippen LogP) is 11.6. The number of hydrogen-bond donors (Lipinski definition) is 0. The zero-order chi connectivity index (χ0) is 29.0. The van der Waals surface area contributed by atoms with E-state index in [-0.39, 0.29) is 0 Å². The molecule has 0 bridgehead atoms. The molecule has 0 atom stereocenters. The van der Waals surface area contributed by atoms with Crippen molar-refractivity contribution in [2.75, 3.05) is 4.90 Å². The zero-order valence-corrected chi connectivity index (χ0v) is 23.8. The number of hydrogen-bond acceptors (Lipinski definition) is 3. The molecule has 0 radical (unpaired) electrons. The molecule has 0 amide bonds. The number of furan rings is 1. The van der Waals surface area contributed by atoms with Crippen molar-refractivity contribution in [1.82, 2.24) is 4.98 Å². The van der Waals surface area contributed by atoms with Crippen LogP contribution in [0.4, 0.5) is 17.1 Å². The van der Waals surface area contributed by atoms with Crippen molar-refractivity contribution in [2.24, 2.45) is 0 Å². The van der Waals surface area contributed by atoms with Crippen molar-refractivity contribution in [1.29, 1.82) is 0 Å².